The minimum absolute atomic E-state index is 0.155. The summed E-state index contributed by atoms with van der Waals surface area (Å²) >= 11 is 0. The van der Waals surface area contributed by atoms with Gasteiger partial charge in [0.1, 0.15) is 6.61 Å². The van der Waals surface area contributed by atoms with Crippen LogP contribution in [-0.4, -0.2) is 44.4 Å². The molecule has 0 amide bonds. The summed E-state index contributed by atoms with van der Waals surface area (Å²) in [6.07, 6.45) is 5.43. The summed E-state index contributed by atoms with van der Waals surface area (Å²) in [5.41, 5.74) is -0.468. The van der Waals surface area contributed by atoms with Crippen molar-refractivity contribution in [1.29, 1.82) is 0 Å². The first kappa shape index (κ1) is 14.9. The molecule has 21 heavy (non-hydrogen) atoms. The van der Waals surface area contributed by atoms with E-state index in [1.165, 1.54) is 12.8 Å². The quantitative estimate of drug-likeness (QED) is 0.864. The van der Waals surface area contributed by atoms with Crippen molar-refractivity contribution >= 4 is 0 Å². The summed E-state index contributed by atoms with van der Waals surface area (Å²) < 4.78 is 10.8. The van der Waals surface area contributed by atoms with E-state index in [0.29, 0.717) is 24.9 Å². The van der Waals surface area contributed by atoms with Crippen molar-refractivity contribution in [2.75, 3.05) is 6.54 Å². The number of rotatable bonds is 6. The molecule has 0 aromatic carbocycles. The van der Waals surface area contributed by atoms with Crippen molar-refractivity contribution < 1.29 is 14.4 Å². The molecule has 2 heterocycles. The van der Waals surface area contributed by atoms with Crippen LogP contribution in [0.2, 0.25) is 0 Å². The molecule has 0 spiro atoms. The Morgan fingerprint density at radius 2 is 2.24 bits per heavy atom. The molecule has 1 aromatic heterocycles. The molecule has 118 valence electrons. The summed E-state index contributed by atoms with van der Waals surface area (Å²) in [7, 11) is 0. The Balaban J connectivity index is 1.59. The van der Waals surface area contributed by atoms with Gasteiger partial charge in [0.25, 0.3) is 0 Å². The van der Waals surface area contributed by atoms with E-state index in [9.17, 15) is 5.11 Å². The second-order valence-electron chi connectivity index (χ2n) is 6.55. The van der Waals surface area contributed by atoms with Gasteiger partial charge in [0, 0.05) is 6.04 Å². The third-order valence-electron chi connectivity index (χ3n) is 4.39. The first-order chi connectivity index (χ1) is 10.1. The highest BCUT2D eigenvalue weighted by Gasteiger charge is 2.50. The van der Waals surface area contributed by atoms with E-state index in [2.05, 4.69) is 15.0 Å². The summed E-state index contributed by atoms with van der Waals surface area (Å²) in [6, 6.07) is 0.244. The summed E-state index contributed by atoms with van der Waals surface area (Å²) in [4.78, 5) is 6.69. The molecular weight excluding hydrogens is 270 g/mol. The largest absolute Gasteiger partial charge is 0.388 e. The molecule has 2 fully saturated rings. The lowest BCUT2D eigenvalue weighted by Crippen LogP contribution is -2.47. The van der Waals surface area contributed by atoms with Gasteiger partial charge in [0.15, 0.2) is 5.82 Å². The summed E-state index contributed by atoms with van der Waals surface area (Å²) in [5.74, 6) is 1.21. The monoisotopic (exact) mass is 295 g/mol. The number of piperidine rings is 1. The minimum atomic E-state index is -0.468. The van der Waals surface area contributed by atoms with Crippen LogP contribution >= 0.6 is 0 Å². The Morgan fingerprint density at radius 1 is 1.43 bits per heavy atom. The third-order valence-corrected chi connectivity index (χ3v) is 4.39. The second-order valence-corrected chi connectivity index (χ2v) is 6.55. The van der Waals surface area contributed by atoms with Gasteiger partial charge in [-0.05, 0) is 46.1 Å². The van der Waals surface area contributed by atoms with Gasteiger partial charge in [-0.25, -0.2) is 0 Å². The van der Waals surface area contributed by atoms with Crippen LogP contribution in [0.15, 0.2) is 4.52 Å². The van der Waals surface area contributed by atoms with Crippen LogP contribution in [0.4, 0.5) is 0 Å². The molecule has 1 aromatic rings. The molecule has 1 saturated heterocycles. The van der Waals surface area contributed by atoms with E-state index in [1.54, 1.807) is 0 Å². The van der Waals surface area contributed by atoms with Crippen LogP contribution < -0.4 is 0 Å². The molecule has 1 saturated carbocycles. The van der Waals surface area contributed by atoms with Crippen LogP contribution in [0.25, 0.3) is 0 Å². The SMILES string of the molecule is CC(C)OCc1noc(CN2CCCCC2C2(O)CC2)n1. The molecule has 6 nitrogen and oxygen atoms in total. The van der Waals surface area contributed by atoms with Crippen molar-refractivity contribution in [1.82, 2.24) is 15.0 Å². The predicted octanol–water partition coefficient (Wildman–Crippen LogP) is 1.87. The maximum absolute atomic E-state index is 10.4. The van der Waals surface area contributed by atoms with Gasteiger partial charge in [0.2, 0.25) is 5.89 Å². The number of nitrogens with zero attached hydrogens (tertiary/aromatic N) is 3. The van der Waals surface area contributed by atoms with E-state index in [1.807, 2.05) is 13.8 Å². The van der Waals surface area contributed by atoms with Crippen LogP contribution in [0.1, 0.15) is 57.7 Å². The Morgan fingerprint density at radius 3 is 2.95 bits per heavy atom. The number of ether oxygens (including phenoxy) is 1. The Labute approximate surface area is 125 Å². The first-order valence-corrected chi connectivity index (χ1v) is 7.96. The lowest BCUT2D eigenvalue weighted by Gasteiger charge is -2.37. The Hall–Kier alpha value is -0.980. The van der Waals surface area contributed by atoms with Gasteiger partial charge < -0.3 is 14.4 Å². The average molecular weight is 295 g/mol. The zero-order valence-corrected chi connectivity index (χ0v) is 12.9. The van der Waals surface area contributed by atoms with Gasteiger partial charge in [-0.1, -0.05) is 11.6 Å². The van der Waals surface area contributed by atoms with E-state index in [0.717, 1.165) is 25.8 Å². The van der Waals surface area contributed by atoms with Crippen molar-refractivity contribution in [3.8, 4) is 0 Å². The van der Waals surface area contributed by atoms with Gasteiger partial charge in [-0.2, -0.15) is 4.98 Å². The molecule has 3 rings (SSSR count). The third kappa shape index (κ3) is 3.62. The first-order valence-electron chi connectivity index (χ1n) is 7.96. The number of aromatic nitrogens is 2. The van der Waals surface area contributed by atoms with Crippen LogP contribution in [0.5, 0.6) is 0 Å². The van der Waals surface area contributed by atoms with E-state index in [4.69, 9.17) is 9.26 Å². The highest BCUT2D eigenvalue weighted by Crippen LogP contribution is 2.44. The lowest BCUT2D eigenvalue weighted by molar-refractivity contribution is -0.000692. The fourth-order valence-electron chi connectivity index (χ4n) is 3.08. The fraction of sp³-hybridized carbons (Fsp3) is 0.867. The van der Waals surface area contributed by atoms with Gasteiger partial charge in [-0.15, -0.1) is 0 Å². The van der Waals surface area contributed by atoms with Crippen LogP contribution in [0.3, 0.4) is 0 Å². The van der Waals surface area contributed by atoms with E-state index in [-0.39, 0.29) is 12.1 Å². The van der Waals surface area contributed by atoms with Gasteiger partial charge in [0.05, 0.1) is 18.2 Å². The number of hydrogen-bond acceptors (Lipinski definition) is 6. The number of hydrogen-bond donors (Lipinski definition) is 1. The molecule has 1 atom stereocenters. The number of aliphatic hydroxyl groups is 1. The van der Waals surface area contributed by atoms with Crippen molar-refractivity contribution in [3.63, 3.8) is 0 Å². The molecule has 0 bridgehead atoms. The Kier molecular flexibility index (Phi) is 4.28. The second kappa shape index (κ2) is 6.02. The lowest BCUT2D eigenvalue weighted by atomic mass is 9.96. The van der Waals surface area contributed by atoms with Crippen LogP contribution in [-0.2, 0) is 17.9 Å². The molecule has 1 N–H and O–H groups in total. The standard InChI is InChI=1S/C15H25N3O3/c1-11(2)20-10-13-16-14(21-17-13)9-18-8-4-3-5-12(18)15(19)6-7-15/h11-12,19H,3-10H2,1-2H3. The molecule has 0 radical (unpaired) electrons. The topological polar surface area (TPSA) is 71.6 Å². The molecule has 1 aliphatic heterocycles. The molecule has 1 aliphatic carbocycles. The maximum atomic E-state index is 10.4. The minimum Gasteiger partial charge on any atom is -0.388 e. The molecule has 6 heteroatoms. The van der Waals surface area contributed by atoms with E-state index < -0.39 is 5.60 Å². The van der Waals surface area contributed by atoms with Gasteiger partial charge >= 0.3 is 0 Å². The van der Waals surface area contributed by atoms with Crippen molar-refractivity contribution in [2.24, 2.45) is 0 Å². The average Bonchev–Trinajstić information content (AvgIpc) is 3.05. The zero-order valence-electron chi connectivity index (χ0n) is 12.9. The summed E-state index contributed by atoms with van der Waals surface area (Å²) in [5, 5.41) is 14.4. The van der Waals surface area contributed by atoms with Crippen molar-refractivity contribution in [2.45, 2.75) is 76.9 Å². The maximum Gasteiger partial charge on any atom is 0.240 e. The Bertz CT molecular complexity index is 470. The van der Waals surface area contributed by atoms with Gasteiger partial charge in [-0.3, -0.25) is 4.90 Å². The highest BCUT2D eigenvalue weighted by atomic mass is 16.5. The smallest absolute Gasteiger partial charge is 0.240 e. The molecule has 1 unspecified atom stereocenters. The highest BCUT2D eigenvalue weighted by molar-refractivity contribution is 5.05. The van der Waals surface area contributed by atoms with Crippen molar-refractivity contribution in [3.05, 3.63) is 11.7 Å². The predicted molar refractivity (Wildman–Crippen MR) is 76.5 cm³/mol. The molecular formula is C15H25N3O3. The normalized spacial score (nSPS) is 25.4. The number of likely N-dealkylation sites (tertiary alicyclic amines) is 1. The molecule has 2 aliphatic rings. The fourth-order valence-corrected chi connectivity index (χ4v) is 3.08. The zero-order chi connectivity index (χ0) is 14.9. The summed E-state index contributed by atoms with van der Waals surface area (Å²) in [6.45, 7) is 5.97. The van der Waals surface area contributed by atoms with E-state index >= 15 is 0 Å². The van der Waals surface area contributed by atoms with Crippen LogP contribution in [0, 0.1) is 0 Å².